The summed E-state index contributed by atoms with van der Waals surface area (Å²) in [5.41, 5.74) is 2.65. The number of benzene rings is 1. The molecule has 0 saturated carbocycles. The van der Waals surface area contributed by atoms with Crippen LogP contribution in [0.2, 0.25) is 0 Å². The van der Waals surface area contributed by atoms with E-state index in [9.17, 15) is 4.79 Å². The lowest BCUT2D eigenvalue weighted by Crippen LogP contribution is -1.98. The molecule has 0 aliphatic rings. The van der Waals surface area contributed by atoms with Crippen LogP contribution >= 0.6 is 0 Å². The Bertz CT molecular complexity index is 982. The number of fused-ring (bicyclic) bond motifs is 3. The molecule has 0 bridgehead atoms. The summed E-state index contributed by atoms with van der Waals surface area (Å²) in [6.07, 6.45) is 1.98. The van der Waals surface area contributed by atoms with Crippen LogP contribution in [-0.4, -0.2) is 6.61 Å². The van der Waals surface area contributed by atoms with Crippen LogP contribution in [0.1, 0.15) is 26.5 Å². The van der Waals surface area contributed by atoms with E-state index in [0.29, 0.717) is 29.3 Å². The van der Waals surface area contributed by atoms with Gasteiger partial charge in [-0.1, -0.05) is 12.2 Å². The average molecular weight is 310 g/mol. The van der Waals surface area contributed by atoms with E-state index in [1.54, 1.807) is 6.07 Å². The molecule has 0 fully saturated rings. The topological polar surface area (TPSA) is 52.6 Å². The van der Waals surface area contributed by atoms with Crippen molar-refractivity contribution < 1.29 is 13.6 Å². The zero-order valence-electron chi connectivity index (χ0n) is 13.4. The van der Waals surface area contributed by atoms with Gasteiger partial charge in [-0.25, -0.2) is 4.79 Å². The summed E-state index contributed by atoms with van der Waals surface area (Å²) >= 11 is 0. The fraction of sp³-hybridized carbons (Fsp3) is 0.211. The number of allylic oxidation sites excluding steroid dienone is 2. The molecular formula is C19H18O4. The molecule has 23 heavy (non-hydrogen) atoms. The smallest absolute Gasteiger partial charge is 0.336 e. The molecule has 0 spiro atoms. The first-order valence-electron chi connectivity index (χ1n) is 7.38. The second-order valence-electron chi connectivity index (χ2n) is 5.77. The number of ether oxygens (including phenoxy) is 1. The Labute approximate surface area is 133 Å². The molecule has 2 heterocycles. The predicted molar refractivity (Wildman–Crippen MR) is 91.9 cm³/mol. The average Bonchev–Trinajstić information content (AvgIpc) is 2.91. The van der Waals surface area contributed by atoms with Crippen LogP contribution in [0.3, 0.4) is 0 Å². The van der Waals surface area contributed by atoms with Gasteiger partial charge >= 0.3 is 5.63 Å². The van der Waals surface area contributed by atoms with Gasteiger partial charge in [-0.2, -0.15) is 0 Å². The Balaban J connectivity index is 2.23. The second kappa shape index (κ2) is 5.80. The third-order valence-electron chi connectivity index (χ3n) is 3.52. The maximum Gasteiger partial charge on any atom is 0.336 e. The van der Waals surface area contributed by atoms with Crippen molar-refractivity contribution in [2.45, 2.75) is 20.8 Å². The minimum atomic E-state index is -0.404. The zero-order chi connectivity index (χ0) is 16.6. The third kappa shape index (κ3) is 2.93. The molecule has 0 saturated heterocycles. The number of hydrogen-bond donors (Lipinski definition) is 0. The molecule has 0 aliphatic carbocycles. The molecule has 0 N–H and O–H groups in total. The van der Waals surface area contributed by atoms with E-state index in [0.717, 1.165) is 16.3 Å². The first-order chi connectivity index (χ1) is 11.0. The summed E-state index contributed by atoms with van der Waals surface area (Å²) in [5, 5.41) is 1.48. The molecule has 0 atom stereocenters. The lowest BCUT2D eigenvalue weighted by Gasteiger charge is -2.07. The van der Waals surface area contributed by atoms with Crippen molar-refractivity contribution >= 4 is 27.5 Å². The van der Waals surface area contributed by atoms with Crippen molar-refractivity contribution in [3.63, 3.8) is 0 Å². The molecule has 0 aliphatic heterocycles. The highest BCUT2D eigenvalue weighted by Gasteiger charge is 2.15. The van der Waals surface area contributed by atoms with E-state index in [1.165, 1.54) is 11.6 Å². The molecular weight excluding hydrogens is 292 g/mol. The fourth-order valence-electron chi connectivity index (χ4n) is 2.33. The Kier molecular flexibility index (Phi) is 3.82. The van der Waals surface area contributed by atoms with Crippen LogP contribution in [0.15, 0.2) is 56.1 Å². The van der Waals surface area contributed by atoms with Gasteiger partial charge in [0.05, 0.1) is 10.8 Å². The summed E-state index contributed by atoms with van der Waals surface area (Å²) in [6.45, 7) is 10.2. The van der Waals surface area contributed by atoms with E-state index in [1.807, 2.05) is 39.0 Å². The predicted octanol–water partition coefficient (Wildman–Crippen LogP) is 4.92. The van der Waals surface area contributed by atoms with Gasteiger partial charge in [-0.3, -0.25) is 0 Å². The van der Waals surface area contributed by atoms with Gasteiger partial charge in [-0.15, -0.1) is 0 Å². The largest absolute Gasteiger partial charge is 0.489 e. The first-order valence-corrected chi connectivity index (χ1v) is 7.38. The molecule has 0 radical (unpaired) electrons. The van der Waals surface area contributed by atoms with Crippen LogP contribution in [0.25, 0.3) is 27.5 Å². The van der Waals surface area contributed by atoms with Gasteiger partial charge in [0.15, 0.2) is 5.58 Å². The highest BCUT2D eigenvalue weighted by Crippen LogP contribution is 2.35. The third-order valence-corrected chi connectivity index (χ3v) is 3.52. The van der Waals surface area contributed by atoms with E-state index < -0.39 is 5.63 Å². The van der Waals surface area contributed by atoms with Crippen molar-refractivity contribution in [3.8, 4) is 5.75 Å². The summed E-state index contributed by atoms with van der Waals surface area (Å²) in [4.78, 5) is 11.6. The van der Waals surface area contributed by atoms with Crippen molar-refractivity contribution in [1.29, 1.82) is 0 Å². The molecule has 0 amide bonds. The van der Waals surface area contributed by atoms with Crippen LogP contribution in [0, 0.1) is 0 Å². The zero-order valence-corrected chi connectivity index (χ0v) is 13.4. The van der Waals surface area contributed by atoms with Gasteiger partial charge in [0.25, 0.3) is 0 Å². The van der Waals surface area contributed by atoms with E-state index in [-0.39, 0.29) is 0 Å². The van der Waals surface area contributed by atoms with E-state index in [4.69, 9.17) is 13.6 Å². The van der Waals surface area contributed by atoms with Crippen LogP contribution < -0.4 is 10.4 Å². The van der Waals surface area contributed by atoms with Gasteiger partial charge in [-0.05, 0) is 44.6 Å². The summed E-state index contributed by atoms with van der Waals surface area (Å²) in [7, 11) is 0. The standard InChI is InChI=1S/C19H18O4/c1-11(2)7-8-21-16-10-17-14(9-15(22-17)12(3)4)19-13(16)5-6-18(20)23-19/h5-7,9-10H,3,8H2,1-2,4H3. The maximum atomic E-state index is 11.6. The van der Waals surface area contributed by atoms with Crippen molar-refractivity contribution in [3.05, 3.63) is 58.7 Å². The summed E-state index contributed by atoms with van der Waals surface area (Å²) < 4.78 is 17.0. The lowest BCUT2D eigenvalue weighted by atomic mass is 10.1. The summed E-state index contributed by atoms with van der Waals surface area (Å²) in [6, 6.07) is 6.76. The lowest BCUT2D eigenvalue weighted by molar-refractivity contribution is 0.365. The van der Waals surface area contributed by atoms with Crippen LogP contribution in [0.5, 0.6) is 5.75 Å². The van der Waals surface area contributed by atoms with Gasteiger partial charge in [0, 0.05) is 12.1 Å². The second-order valence-corrected chi connectivity index (χ2v) is 5.77. The number of furan rings is 1. The van der Waals surface area contributed by atoms with Gasteiger partial charge < -0.3 is 13.6 Å². The van der Waals surface area contributed by atoms with Gasteiger partial charge in [0.1, 0.15) is 23.7 Å². The maximum absolute atomic E-state index is 11.6. The van der Waals surface area contributed by atoms with Crippen LogP contribution in [-0.2, 0) is 0 Å². The Hall–Kier alpha value is -2.75. The minimum absolute atomic E-state index is 0.404. The molecule has 2 aromatic heterocycles. The van der Waals surface area contributed by atoms with Crippen molar-refractivity contribution in [2.75, 3.05) is 6.61 Å². The number of rotatable bonds is 4. The van der Waals surface area contributed by atoms with Crippen molar-refractivity contribution in [2.24, 2.45) is 0 Å². The fourth-order valence-corrected chi connectivity index (χ4v) is 2.33. The SMILES string of the molecule is C=C(C)c1cc2c(cc(OCC=C(C)C)c3ccc(=O)oc32)o1. The molecule has 4 heteroatoms. The molecule has 4 nitrogen and oxygen atoms in total. The van der Waals surface area contributed by atoms with E-state index in [2.05, 4.69) is 6.58 Å². The highest BCUT2D eigenvalue weighted by atomic mass is 16.5. The van der Waals surface area contributed by atoms with Crippen LogP contribution in [0.4, 0.5) is 0 Å². The molecule has 3 rings (SSSR count). The Morgan fingerprint density at radius 1 is 1.17 bits per heavy atom. The van der Waals surface area contributed by atoms with Crippen molar-refractivity contribution in [1.82, 2.24) is 0 Å². The Morgan fingerprint density at radius 2 is 1.96 bits per heavy atom. The number of hydrogen-bond acceptors (Lipinski definition) is 4. The molecule has 1 aromatic carbocycles. The highest BCUT2D eigenvalue weighted by molar-refractivity contribution is 6.06. The molecule has 3 aromatic rings. The minimum Gasteiger partial charge on any atom is -0.489 e. The first kappa shape index (κ1) is 15.2. The van der Waals surface area contributed by atoms with Gasteiger partial charge in [0.2, 0.25) is 0 Å². The molecule has 118 valence electrons. The summed E-state index contributed by atoms with van der Waals surface area (Å²) in [5.74, 6) is 1.28. The quantitative estimate of drug-likeness (QED) is 0.507. The monoisotopic (exact) mass is 310 g/mol. The Morgan fingerprint density at radius 3 is 2.65 bits per heavy atom. The normalized spacial score (nSPS) is 10.9. The molecule has 0 unspecified atom stereocenters. The van der Waals surface area contributed by atoms with E-state index >= 15 is 0 Å².